The van der Waals surface area contributed by atoms with Gasteiger partial charge in [-0.3, -0.25) is 14.4 Å². The number of rotatable bonds is 13. The van der Waals surface area contributed by atoms with Gasteiger partial charge < -0.3 is 15.0 Å². The standard InChI is InChI=1S/C38H42N2O4/c1-5-10-28-15-17-30(18-16-28)26-40(38(43)31-21-19-29(11-6-2)20-22-31)32-23-24-33(27(4)25-32)37(42)39-34-13-8-9-14-35(34)44-36(41)12-7-3/h8-9,13-25H,5-7,10-12,26H2,1-4H3,(H,39,42). The molecular formula is C38H42N2O4. The molecule has 44 heavy (non-hydrogen) atoms. The van der Waals surface area contributed by atoms with E-state index < -0.39 is 0 Å². The molecule has 0 saturated heterocycles. The Bertz CT molecular complexity index is 1580. The van der Waals surface area contributed by atoms with Gasteiger partial charge >= 0.3 is 5.97 Å². The van der Waals surface area contributed by atoms with Crippen molar-refractivity contribution in [3.8, 4) is 5.75 Å². The Morgan fingerprint density at radius 2 is 1.34 bits per heavy atom. The Hall–Kier alpha value is -4.71. The van der Waals surface area contributed by atoms with Crippen LogP contribution in [0.3, 0.4) is 0 Å². The molecule has 0 saturated carbocycles. The number of carbonyl (C=O) groups is 3. The summed E-state index contributed by atoms with van der Waals surface area (Å²) in [7, 11) is 0. The van der Waals surface area contributed by atoms with Crippen LogP contribution in [0.15, 0.2) is 91.0 Å². The summed E-state index contributed by atoms with van der Waals surface area (Å²) in [5, 5.41) is 2.89. The number of amides is 2. The summed E-state index contributed by atoms with van der Waals surface area (Å²) in [6.07, 6.45) is 5.07. The Morgan fingerprint density at radius 1 is 0.727 bits per heavy atom. The van der Waals surface area contributed by atoms with Crippen LogP contribution in [0.5, 0.6) is 5.75 Å². The van der Waals surface area contributed by atoms with E-state index in [2.05, 4.69) is 43.4 Å². The van der Waals surface area contributed by atoms with E-state index in [1.807, 2.05) is 50.2 Å². The fourth-order valence-electron chi connectivity index (χ4n) is 5.12. The summed E-state index contributed by atoms with van der Waals surface area (Å²) in [6.45, 7) is 8.45. The molecule has 2 amide bonds. The van der Waals surface area contributed by atoms with E-state index in [9.17, 15) is 14.4 Å². The highest BCUT2D eigenvalue weighted by Gasteiger charge is 2.21. The number of hydrogen-bond acceptors (Lipinski definition) is 4. The van der Waals surface area contributed by atoms with Crippen LogP contribution >= 0.6 is 0 Å². The lowest BCUT2D eigenvalue weighted by molar-refractivity contribution is -0.134. The maximum atomic E-state index is 13.9. The lowest BCUT2D eigenvalue weighted by atomic mass is 10.0. The molecule has 0 fully saturated rings. The molecule has 0 aromatic heterocycles. The smallest absolute Gasteiger partial charge is 0.311 e. The van der Waals surface area contributed by atoms with Gasteiger partial charge in [-0.15, -0.1) is 0 Å². The monoisotopic (exact) mass is 590 g/mol. The van der Waals surface area contributed by atoms with Crippen molar-refractivity contribution in [2.45, 2.75) is 72.8 Å². The van der Waals surface area contributed by atoms with Gasteiger partial charge in [-0.2, -0.15) is 0 Å². The number of carbonyl (C=O) groups excluding carboxylic acids is 3. The molecule has 0 aliphatic carbocycles. The van der Waals surface area contributed by atoms with Gasteiger partial charge in [0.1, 0.15) is 0 Å². The fourth-order valence-corrected chi connectivity index (χ4v) is 5.12. The van der Waals surface area contributed by atoms with Gasteiger partial charge in [0.15, 0.2) is 5.75 Å². The highest BCUT2D eigenvalue weighted by atomic mass is 16.5. The minimum absolute atomic E-state index is 0.106. The molecule has 6 heteroatoms. The zero-order chi connectivity index (χ0) is 31.5. The van der Waals surface area contributed by atoms with E-state index in [0.717, 1.165) is 36.8 Å². The van der Waals surface area contributed by atoms with E-state index in [4.69, 9.17) is 4.74 Å². The molecule has 0 aliphatic rings. The molecule has 0 aliphatic heterocycles. The Balaban J connectivity index is 1.61. The number of aryl methyl sites for hydroxylation is 3. The minimum atomic E-state index is -0.348. The minimum Gasteiger partial charge on any atom is -0.424 e. The largest absolute Gasteiger partial charge is 0.424 e. The van der Waals surface area contributed by atoms with E-state index in [0.29, 0.717) is 47.6 Å². The highest BCUT2D eigenvalue weighted by molar-refractivity contribution is 6.08. The van der Waals surface area contributed by atoms with Gasteiger partial charge in [-0.25, -0.2) is 0 Å². The molecular weight excluding hydrogens is 548 g/mol. The number of para-hydroxylation sites is 2. The summed E-state index contributed by atoms with van der Waals surface area (Å²) in [4.78, 5) is 41.2. The van der Waals surface area contributed by atoms with Gasteiger partial charge in [0.2, 0.25) is 0 Å². The van der Waals surface area contributed by atoms with Gasteiger partial charge in [-0.1, -0.05) is 82.1 Å². The second kappa shape index (κ2) is 15.7. The average molecular weight is 591 g/mol. The van der Waals surface area contributed by atoms with Crippen molar-refractivity contribution < 1.29 is 19.1 Å². The first-order valence-electron chi connectivity index (χ1n) is 15.5. The molecule has 4 aromatic rings. The second-order valence-electron chi connectivity index (χ2n) is 11.1. The topological polar surface area (TPSA) is 75.7 Å². The molecule has 6 nitrogen and oxygen atoms in total. The predicted molar refractivity (Wildman–Crippen MR) is 178 cm³/mol. The van der Waals surface area contributed by atoms with Crippen LogP contribution < -0.4 is 15.0 Å². The number of benzene rings is 4. The van der Waals surface area contributed by atoms with Crippen LogP contribution in [0.25, 0.3) is 0 Å². The first-order chi connectivity index (χ1) is 21.3. The van der Waals surface area contributed by atoms with Crippen LogP contribution in [0.1, 0.15) is 89.4 Å². The van der Waals surface area contributed by atoms with Crippen molar-refractivity contribution in [2.24, 2.45) is 0 Å². The van der Waals surface area contributed by atoms with Crippen LogP contribution in [0, 0.1) is 6.92 Å². The summed E-state index contributed by atoms with van der Waals surface area (Å²) < 4.78 is 5.47. The number of ether oxygens (including phenoxy) is 1. The van der Waals surface area contributed by atoms with Gasteiger partial charge in [0, 0.05) is 23.2 Å². The fraction of sp³-hybridized carbons (Fsp3) is 0.289. The predicted octanol–water partition coefficient (Wildman–Crippen LogP) is 8.70. The van der Waals surface area contributed by atoms with Crippen molar-refractivity contribution in [1.82, 2.24) is 0 Å². The summed E-state index contributed by atoms with van der Waals surface area (Å²) in [5.74, 6) is -0.478. The van der Waals surface area contributed by atoms with Crippen LogP contribution in [-0.2, 0) is 24.2 Å². The van der Waals surface area contributed by atoms with E-state index in [-0.39, 0.29) is 17.8 Å². The summed E-state index contributed by atoms with van der Waals surface area (Å²) >= 11 is 0. The van der Waals surface area contributed by atoms with Gasteiger partial charge in [-0.05, 0) is 90.9 Å². The molecule has 0 spiro atoms. The van der Waals surface area contributed by atoms with Crippen molar-refractivity contribution in [3.63, 3.8) is 0 Å². The maximum absolute atomic E-state index is 13.9. The molecule has 4 rings (SSSR count). The van der Waals surface area contributed by atoms with Crippen LogP contribution in [0.4, 0.5) is 11.4 Å². The molecule has 0 unspecified atom stereocenters. The average Bonchev–Trinajstić information content (AvgIpc) is 3.02. The van der Waals surface area contributed by atoms with E-state index in [1.165, 1.54) is 11.1 Å². The Morgan fingerprint density at radius 3 is 1.95 bits per heavy atom. The zero-order valence-corrected chi connectivity index (χ0v) is 26.2. The van der Waals surface area contributed by atoms with Gasteiger partial charge in [0.25, 0.3) is 11.8 Å². The third-order valence-electron chi connectivity index (χ3n) is 7.47. The SMILES string of the molecule is CCCC(=O)Oc1ccccc1NC(=O)c1ccc(N(Cc2ccc(CCC)cc2)C(=O)c2ccc(CCC)cc2)cc1C. The lowest BCUT2D eigenvalue weighted by Crippen LogP contribution is -2.30. The highest BCUT2D eigenvalue weighted by Crippen LogP contribution is 2.28. The molecule has 1 N–H and O–H groups in total. The quantitative estimate of drug-likeness (QED) is 0.125. The molecule has 4 aromatic carbocycles. The number of nitrogens with one attached hydrogen (secondary N) is 1. The third-order valence-corrected chi connectivity index (χ3v) is 7.47. The lowest BCUT2D eigenvalue weighted by Gasteiger charge is -2.24. The van der Waals surface area contributed by atoms with Gasteiger partial charge in [0.05, 0.1) is 12.2 Å². The van der Waals surface area contributed by atoms with Crippen molar-refractivity contribution in [2.75, 3.05) is 10.2 Å². The maximum Gasteiger partial charge on any atom is 0.311 e. The Labute approximate surface area is 261 Å². The first kappa shape index (κ1) is 32.2. The Kier molecular flexibility index (Phi) is 11.5. The molecule has 0 atom stereocenters. The number of nitrogens with zero attached hydrogens (tertiary/aromatic N) is 1. The van der Waals surface area contributed by atoms with Crippen LogP contribution in [-0.4, -0.2) is 17.8 Å². The molecule has 0 bridgehead atoms. The number of esters is 1. The van der Waals surface area contributed by atoms with Crippen molar-refractivity contribution >= 4 is 29.2 Å². The zero-order valence-electron chi connectivity index (χ0n) is 26.2. The molecule has 0 heterocycles. The van der Waals surface area contributed by atoms with E-state index >= 15 is 0 Å². The van der Waals surface area contributed by atoms with Crippen molar-refractivity contribution in [1.29, 1.82) is 0 Å². The third kappa shape index (κ3) is 8.44. The second-order valence-corrected chi connectivity index (χ2v) is 11.1. The first-order valence-corrected chi connectivity index (χ1v) is 15.5. The van der Waals surface area contributed by atoms with Crippen molar-refractivity contribution in [3.05, 3.63) is 124 Å². The normalized spacial score (nSPS) is 10.7. The summed E-state index contributed by atoms with van der Waals surface area (Å²) in [5.41, 5.74) is 6.41. The summed E-state index contributed by atoms with van der Waals surface area (Å²) in [6, 6.07) is 28.5. The number of hydrogen-bond donors (Lipinski definition) is 1. The molecule has 0 radical (unpaired) electrons. The van der Waals surface area contributed by atoms with Crippen LogP contribution in [0.2, 0.25) is 0 Å². The molecule has 228 valence electrons. The van der Waals surface area contributed by atoms with E-state index in [1.54, 1.807) is 35.2 Å². The number of anilines is 2.